The normalized spacial score (nSPS) is 15.1. The standard InChI is InChI=1S/C16H20N2O/c1-9-4-7-13-15(11(3)18-16(13)10(9)2)14(19)8-17-12-5-6-12/h4,7,12,17-18H,5-6,8H2,1-3H3. The molecule has 3 rings (SSSR count). The third-order valence-electron chi connectivity index (χ3n) is 4.10. The van der Waals surface area contributed by atoms with Gasteiger partial charge in [-0.25, -0.2) is 0 Å². The molecule has 1 heterocycles. The molecule has 19 heavy (non-hydrogen) atoms. The third kappa shape index (κ3) is 2.19. The molecule has 0 spiro atoms. The Morgan fingerprint density at radius 2 is 2.05 bits per heavy atom. The molecule has 0 bridgehead atoms. The van der Waals surface area contributed by atoms with Crippen LogP contribution in [0.1, 0.15) is 40.0 Å². The lowest BCUT2D eigenvalue weighted by Crippen LogP contribution is -2.25. The molecule has 0 radical (unpaired) electrons. The molecule has 2 aromatic rings. The topological polar surface area (TPSA) is 44.9 Å². The minimum atomic E-state index is 0.193. The van der Waals surface area contributed by atoms with E-state index in [1.165, 1.54) is 24.0 Å². The maximum atomic E-state index is 12.4. The summed E-state index contributed by atoms with van der Waals surface area (Å²) in [6, 6.07) is 4.72. The Labute approximate surface area is 113 Å². The average molecular weight is 256 g/mol. The number of benzene rings is 1. The Morgan fingerprint density at radius 3 is 2.74 bits per heavy atom. The quantitative estimate of drug-likeness (QED) is 0.826. The molecule has 0 amide bonds. The van der Waals surface area contributed by atoms with Gasteiger partial charge in [0.05, 0.1) is 6.54 Å². The van der Waals surface area contributed by atoms with Gasteiger partial charge in [0.2, 0.25) is 0 Å². The predicted molar refractivity (Wildman–Crippen MR) is 77.9 cm³/mol. The summed E-state index contributed by atoms with van der Waals surface area (Å²) in [6.07, 6.45) is 2.41. The van der Waals surface area contributed by atoms with E-state index in [9.17, 15) is 4.79 Å². The summed E-state index contributed by atoms with van der Waals surface area (Å²) < 4.78 is 0. The fourth-order valence-corrected chi connectivity index (χ4v) is 2.61. The zero-order valence-electron chi connectivity index (χ0n) is 11.8. The van der Waals surface area contributed by atoms with E-state index in [-0.39, 0.29) is 5.78 Å². The lowest BCUT2D eigenvalue weighted by Gasteiger charge is -2.04. The van der Waals surface area contributed by atoms with Crippen LogP contribution in [0.3, 0.4) is 0 Å². The highest BCUT2D eigenvalue weighted by atomic mass is 16.1. The number of aryl methyl sites for hydroxylation is 3. The fraction of sp³-hybridized carbons (Fsp3) is 0.438. The molecule has 2 N–H and O–H groups in total. The van der Waals surface area contributed by atoms with E-state index >= 15 is 0 Å². The highest BCUT2D eigenvalue weighted by molar-refractivity contribution is 6.10. The van der Waals surface area contributed by atoms with Crippen LogP contribution in [0.15, 0.2) is 12.1 Å². The van der Waals surface area contributed by atoms with Gasteiger partial charge in [0.1, 0.15) is 0 Å². The molecule has 0 atom stereocenters. The lowest BCUT2D eigenvalue weighted by molar-refractivity contribution is 0.0991. The van der Waals surface area contributed by atoms with E-state index in [1.807, 2.05) is 6.92 Å². The number of hydrogen-bond donors (Lipinski definition) is 2. The van der Waals surface area contributed by atoms with Crippen molar-refractivity contribution < 1.29 is 4.79 Å². The van der Waals surface area contributed by atoms with Crippen LogP contribution in [-0.4, -0.2) is 23.4 Å². The highest BCUT2D eigenvalue weighted by Crippen LogP contribution is 2.27. The Kier molecular flexibility index (Phi) is 2.94. The number of Topliss-reactive ketones (excluding diaryl/α,β-unsaturated/α-hetero) is 1. The fourth-order valence-electron chi connectivity index (χ4n) is 2.61. The summed E-state index contributed by atoms with van der Waals surface area (Å²) in [5.74, 6) is 0.193. The van der Waals surface area contributed by atoms with Crippen molar-refractivity contribution >= 4 is 16.7 Å². The first-order valence-electron chi connectivity index (χ1n) is 6.93. The number of fused-ring (bicyclic) bond motifs is 1. The second-order valence-corrected chi connectivity index (χ2v) is 5.63. The number of rotatable bonds is 4. The highest BCUT2D eigenvalue weighted by Gasteiger charge is 2.23. The molecular weight excluding hydrogens is 236 g/mol. The number of carbonyl (C=O) groups excluding carboxylic acids is 1. The zero-order chi connectivity index (χ0) is 13.6. The molecule has 3 heteroatoms. The lowest BCUT2D eigenvalue weighted by atomic mass is 10.0. The Morgan fingerprint density at radius 1 is 1.32 bits per heavy atom. The molecule has 1 aliphatic rings. The van der Waals surface area contributed by atoms with Crippen molar-refractivity contribution in [1.82, 2.24) is 10.3 Å². The van der Waals surface area contributed by atoms with Crippen LogP contribution in [-0.2, 0) is 0 Å². The molecule has 1 saturated carbocycles. The molecule has 1 aromatic heterocycles. The van der Waals surface area contributed by atoms with Crippen LogP contribution in [0.5, 0.6) is 0 Å². The first-order valence-corrected chi connectivity index (χ1v) is 6.93. The largest absolute Gasteiger partial charge is 0.358 e. The maximum absolute atomic E-state index is 12.4. The smallest absolute Gasteiger partial charge is 0.179 e. The van der Waals surface area contributed by atoms with Gasteiger partial charge < -0.3 is 10.3 Å². The molecule has 1 fully saturated rings. The van der Waals surface area contributed by atoms with Gasteiger partial charge in [-0.15, -0.1) is 0 Å². The van der Waals surface area contributed by atoms with Crippen molar-refractivity contribution in [3.05, 3.63) is 34.5 Å². The molecule has 0 saturated heterocycles. The SMILES string of the molecule is Cc1ccc2c(C(=O)CNC3CC3)c(C)[nH]c2c1C. The number of aromatic amines is 1. The number of H-pyrrole nitrogens is 1. The molecule has 1 aliphatic carbocycles. The van der Waals surface area contributed by atoms with Gasteiger partial charge in [0.15, 0.2) is 5.78 Å². The first kappa shape index (κ1) is 12.4. The number of hydrogen-bond acceptors (Lipinski definition) is 2. The van der Waals surface area contributed by atoms with Crippen molar-refractivity contribution in [3.63, 3.8) is 0 Å². The minimum absolute atomic E-state index is 0.193. The average Bonchev–Trinajstić information content (AvgIpc) is 3.14. The van der Waals surface area contributed by atoms with Gasteiger partial charge in [-0.05, 0) is 44.7 Å². The van der Waals surface area contributed by atoms with Crippen molar-refractivity contribution in [3.8, 4) is 0 Å². The van der Waals surface area contributed by atoms with E-state index in [1.54, 1.807) is 0 Å². The summed E-state index contributed by atoms with van der Waals surface area (Å²) in [7, 11) is 0. The van der Waals surface area contributed by atoms with Crippen molar-refractivity contribution in [1.29, 1.82) is 0 Å². The van der Waals surface area contributed by atoms with Gasteiger partial charge >= 0.3 is 0 Å². The monoisotopic (exact) mass is 256 g/mol. The Hall–Kier alpha value is -1.61. The predicted octanol–water partition coefficient (Wildman–Crippen LogP) is 3.03. The second-order valence-electron chi connectivity index (χ2n) is 5.63. The van der Waals surface area contributed by atoms with Crippen LogP contribution in [0.2, 0.25) is 0 Å². The molecule has 3 nitrogen and oxygen atoms in total. The Balaban J connectivity index is 1.99. The summed E-state index contributed by atoms with van der Waals surface area (Å²) >= 11 is 0. The summed E-state index contributed by atoms with van der Waals surface area (Å²) in [5.41, 5.74) is 5.42. The van der Waals surface area contributed by atoms with Gasteiger partial charge in [-0.1, -0.05) is 12.1 Å². The zero-order valence-corrected chi connectivity index (χ0v) is 11.8. The molecular formula is C16H20N2O. The number of nitrogens with one attached hydrogen (secondary N) is 2. The molecule has 100 valence electrons. The van der Waals surface area contributed by atoms with Crippen LogP contribution >= 0.6 is 0 Å². The van der Waals surface area contributed by atoms with Crippen molar-refractivity contribution in [2.75, 3.05) is 6.54 Å². The van der Waals surface area contributed by atoms with Crippen LogP contribution in [0.25, 0.3) is 10.9 Å². The molecule has 0 aliphatic heterocycles. The Bertz CT molecular complexity index is 650. The van der Waals surface area contributed by atoms with Crippen molar-refractivity contribution in [2.24, 2.45) is 0 Å². The summed E-state index contributed by atoms with van der Waals surface area (Å²) in [6.45, 7) is 6.63. The van der Waals surface area contributed by atoms with Crippen molar-refractivity contribution in [2.45, 2.75) is 39.7 Å². The van der Waals surface area contributed by atoms with E-state index in [0.29, 0.717) is 12.6 Å². The van der Waals surface area contributed by atoms with Gasteiger partial charge in [0.25, 0.3) is 0 Å². The van der Waals surface area contributed by atoms with Gasteiger partial charge in [-0.2, -0.15) is 0 Å². The van der Waals surface area contributed by atoms with Gasteiger partial charge in [0, 0.05) is 28.2 Å². The van der Waals surface area contributed by atoms with Crippen LogP contribution < -0.4 is 5.32 Å². The van der Waals surface area contributed by atoms with Crippen LogP contribution in [0, 0.1) is 20.8 Å². The van der Waals surface area contributed by atoms with E-state index in [0.717, 1.165) is 22.2 Å². The molecule has 0 unspecified atom stereocenters. The van der Waals surface area contributed by atoms with E-state index in [2.05, 4.69) is 36.3 Å². The second kappa shape index (κ2) is 4.49. The summed E-state index contributed by atoms with van der Waals surface area (Å²) in [4.78, 5) is 15.8. The summed E-state index contributed by atoms with van der Waals surface area (Å²) in [5, 5.41) is 4.36. The van der Waals surface area contributed by atoms with E-state index in [4.69, 9.17) is 0 Å². The van der Waals surface area contributed by atoms with Gasteiger partial charge in [-0.3, -0.25) is 4.79 Å². The number of ketones is 1. The minimum Gasteiger partial charge on any atom is -0.358 e. The van der Waals surface area contributed by atoms with E-state index < -0.39 is 0 Å². The molecule has 1 aromatic carbocycles. The van der Waals surface area contributed by atoms with Crippen LogP contribution in [0.4, 0.5) is 0 Å². The first-order chi connectivity index (χ1) is 9.08. The number of carbonyl (C=O) groups is 1. The maximum Gasteiger partial charge on any atom is 0.179 e. The number of aromatic nitrogens is 1. The third-order valence-corrected chi connectivity index (χ3v) is 4.10.